The fraction of sp³-hybridized carbons (Fsp3) is 0.412. The molecule has 5 heteroatoms. The van der Waals surface area contributed by atoms with Gasteiger partial charge in [0, 0.05) is 11.9 Å². The first-order valence-electron chi connectivity index (χ1n) is 7.58. The van der Waals surface area contributed by atoms with E-state index in [0.29, 0.717) is 6.61 Å². The van der Waals surface area contributed by atoms with Crippen LogP contribution in [-0.4, -0.2) is 34.8 Å². The standard InChI is InChI=1S/C17H19N3O2/c1-11-8-20(17(2,3)9-21-11)16-15-14(18-10-19-16)12-6-4-5-7-13(12)22-15/h4-7,10-11H,8-9H2,1-3H3/t11-/m1/s1. The van der Waals surface area contributed by atoms with Gasteiger partial charge in [0.05, 0.1) is 18.2 Å². The molecule has 2 aromatic heterocycles. The lowest BCUT2D eigenvalue weighted by atomic mass is 10.0. The summed E-state index contributed by atoms with van der Waals surface area (Å²) in [7, 11) is 0. The minimum Gasteiger partial charge on any atom is -0.450 e. The number of anilines is 1. The molecule has 22 heavy (non-hydrogen) atoms. The van der Waals surface area contributed by atoms with E-state index in [0.717, 1.165) is 34.4 Å². The molecule has 0 N–H and O–H groups in total. The zero-order chi connectivity index (χ0) is 15.3. The highest BCUT2D eigenvalue weighted by atomic mass is 16.5. The molecule has 1 fully saturated rings. The van der Waals surface area contributed by atoms with Crippen molar-refractivity contribution < 1.29 is 9.15 Å². The fourth-order valence-corrected chi connectivity index (χ4v) is 3.06. The van der Waals surface area contributed by atoms with Gasteiger partial charge >= 0.3 is 0 Å². The molecule has 5 nitrogen and oxygen atoms in total. The maximum Gasteiger partial charge on any atom is 0.196 e. The average molecular weight is 297 g/mol. The van der Waals surface area contributed by atoms with Gasteiger partial charge in [-0.1, -0.05) is 12.1 Å². The maximum atomic E-state index is 6.06. The van der Waals surface area contributed by atoms with Crippen molar-refractivity contribution in [3.63, 3.8) is 0 Å². The Morgan fingerprint density at radius 3 is 2.91 bits per heavy atom. The molecule has 1 aliphatic rings. The molecule has 0 saturated carbocycles. The molecular formula is C17H19N3O2. The summed E-state index contributed by atoms with van der Waals surface area (Å²) in [6.07, 6.45) is 1.79. The highest BCUT2D eigenvalue weighted by Crippen LogP contribution is 2.36. The van der Waals surface area contributed by atoms with Gasteiger partial charge in [-0.25, -0.2) is 9.97 Å². The molecule has 3 aromatic rings. The number of furan rings is 1. The van der Waals surface area contributed by atoms with E-state index >= 15 is 0 Å². The molecule has 0 bridgehead atoms. The van der Waals surface area contributed by atoms with Crippen molar-refractivity contribution in [1.82, 2.24) is 9.97 Å². The second-order valence-electron chi connectivity index (χ2n) is 6.52. The smallest absolute Gasteiger partial charge is 0.196 e. The lowest BCUT2D eigenvalue weighted by Gasteiger charge is -2.45. The number of ether oxygens (including phenoxy) is 1. The molecular weight excluding hydrogens is 278 g/mol. The van der Waals surface area contributed by atoms with Crippen molar-refractivity contribution in [2.45, 2.75) is 32.4 Å². The van der Waals surface area contributed by atoms with E-state index in [1.54, 1.807) is 6.33 Å². The quantitative estimate of drug-likeness (QED) is 0.689. The molecule has 1 aliphatic heterocycles. The van der Waals surface area contributed by atoms with E-state index in [2.05, 4.69) is 35.6 Å². The van der Waals surface area contributed by atoms with Crippen LogP contribution in [0.15, 0.2) is 35.0 Å². The Morgan fingerprint density at radius 1 is 1.23 bits per heavy atom. The second-order valence-corrected chi connectivity index (χ2v) is 6.52. The third-order valence-electron chi connectivity index (χ3n) is 4.29. The fourth-order valence-electron chi connectivity index (χ4n) is 3.06. The number of rotatable bonds is 1. The van der Waals surface area contributed by atoms with Crippen LogP contribution in [0.2, 0.25) is 0 Å². The molecule has 1 saturated heterocycles. The molecule has 0 unspecified atom stereocenters. The van der Waals surface area contributed by atoms with Gasteiger partial charge in [0.25, 0.3) is 0 Å². The van der Waals surface area contributed by atoms with Gasteiger partial charge in [0.1, 0.15) is 17.4 Å². The monoisotopic (exact) mass is 297 g/mol. The van der Waals surface area contributed by atoms with Gasteiger partial charge in [-0.2, -0.15) is 0 Å². The van der Waals surface area contributed by atoms with Gasteiger partial charge in [0.2, 0.25) is 0 Å². The summed E-state index contributed by atoms with van der Waals surface area (Å²) in [5.74, 6) is 0.848. The van der Waals surface area contributed by atoms with Gasteiger partial charge < -0.3 is 14.1 Å². The molecule has 0 radical (unpaired) electrons. The van der Waals surface area contributed by atoms with Crippen molar-refractivity contribution in [2.75, 3.05) is 18.1 Å². The third-order valence-corrected chi connectivity index (χ3v) is 4.29. The molecule has 4 rings (SSSR count). The molecule has 114 valence electrons. The van der Waals surface area contributed by atoms with Gasteiger partial charge in [0.15, 0.2) is 11.4 Å². The number of para-hydroxylation sites is 1. The van der Waals surface area contributed by atoms with Crippen molar-refractivity contribution >= 4 is 27.9 Å². The molecule has 3 heterocycles. The summed E-state index contributed by atoms with van der Waals surface area (Å²) >= 11 is 0. The number of benzene rings is 1. The van der Waals surface area contributed by atoms with Gasteiger partial charge in [-0.3, -0.25) is 0 Å². The van der Waals surface area contributed by atoms with E-state index in [9.17, 15) is 0 Å². The number of morpholine rings is 1. The number of nitrogens with zero attached hydrogens (tertiary/aromatic N) is 3. The van der Waals surface area contributed by atoms with Crippen LogP contribution in [-0.2, 0) is 4.74 Å². The van der Waals surface area contributed by atoms with Crippen LogP contribution in [0.4, 0.5) is 5.82 Å². The highest BCUT2D eigenvalue weighted by Gasteiger charge is 2.36. The zero-order valence-electron chi connectivity index (χ0n) is 13.0. The number of fused-ring (bicyclic) bond motifs is 3. The van der Waals surface area contributed by atoms with E-state index < -0.39 is 0 Å². The van der Waals surface area contributed by atoms with Crippen LogP contribution >= 0.6 is 0 Å². The van der Waals surface area contributed by atoms with E-state index in [4.69, 9.17) is 9.15 Å². The van der Waals surface area contributed by atoms with Crippen LogP contribution in [0.25, 0.3) is 22.1 Å². The summed E-state index contributed by atoms with van der Waals surface area (Å²) in [4.78, 5) is 11.2. The van der Waals surface area contributed by atoms with Crippen molar-refractivity contribution in [3.8, 4) is 0 Å². The van der Waals surface area contributed by atoms with E-state index in [1.807, 2.05) is 24.3 Å². The van der Waals surface area contributed by atoms with Crippen LogP contribution in [0, 0.1) is 0 Å². The van der Waals surface area contributed by atoms with Crippen LogP contribution in [0.5, 0.6) is 0 Å². The number of hydrogen-bond acceptors (Lipinski definition) is 5. The largest absolute Gasteiger partial charge is 0.450 e. The molecule has 1 atom stereocenters. The molecule has 0 amide bonds. The summed E-state index contributed by atoms with van der Waals surface area (Å²) in [6, 6.07) is 7.97. The highest BCUT2D eigenvalue weighted by molar-refractivity contribution is 6.05. The SMILES string of the molecule is C[C@@H]1CN(c2ncnc3c2oc2ccccc23)C(C)(C)CO1. The predicted molar refractivity (Wildman–Crippen MR) is 86.1 cm³/mol. The van der Waals surface area contributed by atoms with E-state index in [1.165, 1.54) is 0 Å². The topological polar surface area (TPSA) is 51.4 Å². The predicted octanol–water partition coefficient (Wildman–Crippen LogP) is 3.38. The van der Waals surface area contributed by atoms with Crippen LogP contribution < -0.4 is 4.90 Å². The Balaban J connectivity index is 1.94. The molecule has 1 aromatic carbocycles. The average Bonchev–Trinajstić information content (AvgIpc) is 2.88. The van der Waals surface area contributed by atoms with Crippen molar-refractivity contribution in [2.24, 2.45) is 0 Å². The Labute approximate surface area is 128 Å². The summed E-state index contributed by atoms with van der Waals surface area (Å²) in [6.45, 7) is 7.86. The normalized spacial score (nSPS) is 21.6. The zero-order valence-corrected chi connectivity index (χ0v) is 13.0. The Kier molecular flexibility index (Phi) is 2.87. The van der Waals surface area contributed by atoms with Crippen molar-refractivity contribution in [1.29, 1.82) is 0 Å². The lowest BCUT2D eigenvalue weighted by molar-refractivity contribution is 0.00668. The Morgan fingerprint density at radius 2 is 2.05 bits per heavy atom. The Bertz CT molecular complexity index is 840. The van der Waals surface area contributed by atoms with E-state index in [-0.39, 0.29) is 11.6 Å². The minimum atomic E-state index is -0.132. The molecule has 0 aliphatic carbocycles. The first kappa shape index (κ1) is 13.5. The summed E-state index contributed by atoms with van der Waals surface area (Å²) < 4.78 is 11.9. The first-order chi connectivity index (χ1) is 10.6. The maximum absolute atomic E-state index is 6.06. The van der Waals surface area contributed by atoms with Crippen molar-refractivity contribution in [3.05, 3.63) is 30.6 Å². The number of hydrogen-bond donors (Lipinski definition) is 0. The molecule has 0 spiro atoms. The second kappa shape index (κ2) is 4.68. The summed E-state index contributed by atoms with van der Waals surface area (Å²) in [5.41, 5.74) is 2.34. The van der Waals surface area contributed by atoms with Crippen LogP contribution in [0.1, 0.15) is 20.8 Å². The Hall–Kier alpha value is -2.14. The third kappa shape index (κ3) is 1.96. The van der Waals surface area contributed by atoms with Gasteiger partial charge in [-0.05, 0) is 32.9 Å². The minimum absolute atomic E-state index is 0.132. The lowest BCUT2D eigenvalue weighted by Crippen LogP contribution is -2.56. The van der Waals surface area contributed by atoms with Crippen LogP contribution in [0.3, 0.4) is 0 Å². The summed E-state index contributed by atoms with van der Waals surface area (Å²) in [5, 5.41) is 1.03. The number of aromatic nitrogens is 2. The first-order valence-corrected chi connectivity index (χ1v) is 7.58. The van der Waals surface area contributed by atoms with Gasteiger partial charge in [-0.15, -0.1) is 0 Å².